The molecule has 0 saturated carbocycles. The molecule has 3 nitrogen and oxygen atoms in total. The van der Waals surface area contributed by atoms with Crippen molar-refractivity contribution in [2.45, 2.75) is 40.2 Å². The number of likely N-dealkylation sites (tertiary alicyclic amines) is 1. The highest BCUT2D eigenvalue weighted by Crippen LogP contribution is 2.29. The van der Waals surface area contributed by atoms with Crippen molar-refractivity contribution in [3.05, 3.63) is 34.9 Å². The van der Waals surface area contributed by atoms with Crippen LogP contribution in [0.1, 0.15) is 41.8 Å². The molecule has 0 aromatic heterocycles. The minimum absolute atomic E-state index is 0.0525. The molecule has 0 aliphatic carbocycles. The maximum atomic E-state index is 12.5. The predicted molar refractivity (Wildman–Crippen MR) is 78.2 cm³/mol. The number of carbonyl (C=O) groups excluding carboxylic acids is 1. The van der Waals surface area contributed by atoms with Crippen LogP contribution in [0.5, 0.6) is 0 Å². The van der Waals surface area contributed by atoms with Gasteiger partial charge < -0.3 is 10.6 Å². The fraction of sp³-hybridized carbons (Fsp3) is 0.562. The Hall–Kier alpha value is -1.35. The number of hydrogen-bond acceptors (Lipinski definition) is 2. The average molecular weight is 260 g/mol. The van der Waals surface area contributed by atoms with E-state index in [2.05, 4.69) is 20.8 Å². The molecule has 0 bridgehead atoms. The Kier molecular flexibility index (Phi) is 3.68. The number of nitrogens with two attached hydrogens (primary N) is 1. The molecule has 1 saturated heterocycles. The lowest BCUT2D eigenvalue weighted by Gasteiger charge is -2.42. The zero-order valence-electron chi connectivity index (χ0n) is 12.4. The molecular weight excluding hydrogens is 236 g/mol. The molecule has 3 heteroatoms. The van der Waals surface area contributed by atoms with Crippen LogP contribution in [-0.4, -0.2) is 29.9 Å². The van der Waals surface area contributed by atoms with Gasteiger partial charge in [-0.25, -0.2) is 0 Å². The lowest BCUT2D eigenvalue weighted by Crippen LogP contribution is -2.54. The first-order valence-corrected chi connectivity index (χ1v) is 6.93. The monoisotopic (exact) mass is 260 g/mol. The molecule has 1 aromatic carbocycles. The third kappa shape index (κ3) is 2.81. The van der Waals surface area contributed by atoms with Gasteiger partial charge in [0.1, 0.15) is 0 Å². The van der Waals surface area contributed by atoms with Crippen LogP contribution in [0.15, 0.2) is 18.2 Å². The largest absolute Gasteiger partial charge is 0.337 e. The van der Waals surface area contributed by atoms with Crippen molar-refractivity contribution >= 4 is 5.91 Å². The number of amides is 1. The van der Waals surface area contributed by atoms with Gasteiger partial charge in [-0.1, -0.05) is 19.9 Å². The maximum absolute atomic E-state index is 12.5. The number of benzene rings is 1. The quantitative estimate of drug-likeness (QED) is 0.843. The van der Waals surface area contributed by atoms with Crippen molar-refractivity contribution in [3.63, 3.8) is 0 Å². The summed E-state index contributed by atoms with van der Waals surface area (Å²) in [5.74, 6) is 0.106. The van der Waals surface area contributed by atoms with E-state index in [1.165, 1.54) is 5.56 Å². The molecule has 104 valence electrons. The normalized spacial score (nSPS) is 22.4. The fourth-order valence-electron chi connectivity index (χ4n) is 2.43. The second-order valence-electron chi connectivity index (χ2n) is 6.40. The lowest BCUT2D eigenvalue weighted by atomic mass is 9.78. The molecule has 0 radical (unpaired) electrons. The highest BCUT2D eigenvalue weighted by Gasteiger charge is 2.34. The summed E-state index contributed by atoms with van der Waals surface area (Å²) >= 11 is 0. The summed E-state index contributed by atoms with van der Waals surface area (Å²) in [5, 5.41) is 0. The van der Waals surface area contributed by atoms with E-state index in [0.29, 0.717) is 6.54 Å². The van der Waals surface area contributed by atoms with Crippen LogP contribution in [0.2, 0.25) is 0 Å². The summed E-state index contributed by atoms with van der Waals surface area (Å²) in [6.07, 6.45) is 0.963. The summed E-state index contributed by atoms with van der Waals surface area (Å²) in [7, 11) is 0. The molecule has 0 spiro atoms. The number of piperidine rings is 1. The molecule has 19 heavy (non-hydrogen) atoms. The van der Waals surface area contributed by atoms with Crippen LogP contribution in [0.4, 0.5) is 0 Å². The minimum atomic E-state index is 0.0525. The second kappa shape index (κ2) is 4.97. The standard InChI is InChI=1S/C16H24N2O/c1-11-5-6-13(9-12(11)2)15(19)18-8-7-16(3,4)14(17)10-18/h5-6,9,14H,7-8,10,17H2,1-4H3. The topological polar surface area (TPSA) is 46.3 Å². The van der Waals surface area contributed by atoms with E-state index in [4.69, 9.17) is 5.73 Å². The summed E-state index contributed by atoms with van der Waals surface area (Å²) < 4.78 is 0. The van der Waals surface area contributed by atoms with Crippen LogP contribution < -0.4 is 5.73 Å². The number of carbonyl (C=O) groups is 1. The first-order valence-electron chi connectivity index (χ1n) is 6.93. The van der Waals surface area contributed by atoms with Crippen molar-refractivity contribution in [1.82, 2.24) is 4.90 Å². The predicted octanol–water partition coefficient (Wildman–Crippen LogP) is 2.50. The van der Waals surface area contributed by atoms with Crippen molar-refractivity contribution in [2.24, 2.45) is 11.1 Å². The number of rotatable bonds is 1. The van der Waals surface area contributed by atoms with E-state index < -0.39 is 0 Å². The van der Waals surface area contributed by atoms with Crippen LogP contribution in [0, 0.1) is 19.3 Å². The first kappa shape index (κ1) is 14.1. The lowest BCUT2D eigenvalue weighted by molar-refractivity contribution is 0.0575. The summed E-state index contributed by atoms with van der Waals surface area (Å²) in [5.41, 5.74) is 9.45. The van der Waals surface area contributed by atoms with Crippen LogP contribution in [0.25, 0.3) is 0 Å². The minimum Gasteiger partial charge on any atom is -0.337 e. The van der Waals surface area contributed by atoms with Crippen LogP contribution in [0.3, 0.4) is 0 Å². The highest BCUT2D eigenvalue weighted by atomic mass is 16.2. The van der Waals surface area contributed by atoms with Gasteiger partial charge in [0.05, 0.1) is 0 Å². The average Bonchev–Trinajstić information content (AvgIpc) is 2.35. The summed E-state index contributed by atoms with van der Waals surface area (Å²) in [6, 6.07) is 5.95. The summed E-state index contributed by atoms with van der Waals surface area (Å²) in [4.78, 5) is 14.4. The van der Waals surface area contributed by atoms with E-state index in [1.807, 2.05) is 30.0 Å². The van der Waals surface area contributed by atoms with Gasteiger partial charge in [-0.15, -0.1) is 0 Å². The molecule has 1 heterocycles. The Labute approximate surface area is 115 Å². The van der Waals surface area contributed by atoms with Crippen molar-refractivity contribution in [1.29, 1.82) is 0 Å². The van der Waals surface area contributed by atoms with Crippen molar-refractivity contribution in [2.75, 3.05) is 13.1 Å². The van der Waals surface area contributed by atoms with E-state index in [1.54, 1.807) is 0 Å². The van der Waals surface area contributed by atoms with E-state index in [0.717, 1.165) is 24.1 Å². The smallest absolute Gasteiger partial charge is 0.253 e. The third-order valence-corrected chi connectivity index (χ3v) is 4.49. The van der Waals surface area contributed by atoms with Gasteiger partial charge in [0.25, 0.3) is 5.91 Å². The van der Waals surface area contributed by atoms with Crippen molar-refractivity contribution in [3.8, 4) is 0 Å². The Morgan fingerprint density at radius 2 is 2.00 bits per heavy atom. The number of aryl methyl sites for hydroxylation is 2. The second-order valence-corrected chi connectivity index (χ2v) is 6.40. The van der Waals surface area contributed by atoms with Gasteiger partial charge >= 0.3 is 0 Å². The molecular formula is C16H24N2O. The fourth-order valence-corrected chi connectivity index (χ4v) is 2.43. The molecule has 1 aliphatic heterocycles. The number of nitrogens with zero attached hydrogens (tertiary/aromatic N) is 1. The highest BCUT2D eigenvalue weighted by molar-refractivity contribution is 5.94. The van der Waals surface area contributed by atoms with E-state index in [-0.39, 0.29) is 17.4 Å². The van der Waals surface area contributed by atoms with Gasteiger partial charge in [0.2, 0.25) is 0 Å². The van der Waals surface area contributed by atoms with Crippen molar-refractivity contribution < 1.29 is 4.79 Å². The molecule has 2 rings (SSSR count). The van der Waals surface area contributed by atoms with Gasteiger partial charge in [-0.2, -0.15) is 0 Å². The number of hydrogen-bond donors (Lipinski definition) is 1. The van der Waals surface area contributed by atoms with Gasteiger partial charge in [-0.3, -0.25) is 4.79 Å². The Bertz CT molecular complexity index is 494. The molecule has 1 unspecified atom stereocenters. The summed E-state index contributed by atoms with van der Waals surface area (Å²) in [6.45, 7) is 9.90. The van der Waals surface area contributed by atoms with E-state index in [9.17, 15) is 4.79 Å². The Morgan fingerprint density at radius 3 is 2.58 bits per heavy atom. The molecule has 1 fully saturated rings. The van der Waals surface area contributed by atoms with Gasteiger partial charge in [0.15, 0.2) is 0 Å². The molecule has 1 aromatic rings. The van der Waals surface area contributed by atoms with Gasteiger partial charge in [0, 0.05) is 24.7 Å². The van der Waals surface area contributed by atoms with Crippen LogP contribution >= 0.6 is 0 Å². The van der Waals surface area contributed by atoms with Gasteiger partial charge in [-0.05, 0) is 48.9 Å². The first-order chi connectivity index (χ1) is 8.81. The zero-order chi connectivity index (χ0) is 14.2. The maximum Gasteiger partial charge on any atom is 0.253 e. The molecule has 2 N–H and O–H groups in total. The Balaban J connectivity index is 2.14. The zero-order valence-corrected chi connectivity index (χ0v) is 12.4. The SMILES string of the molecule is Cc1ccc(C(=O)N2CCC(C)(C)C(N)C2)cc1C. The van der Waals surface area contributed by atoms with Crippen LogP contribution in [-0.2, 0) is 0 Å². The molecule has 1 amide bonds. The third-order valence-electron chi connectivity index (χ3n) is 4.49. The van der Waals surface area contributed by atoms with E-state index >= 15 is 0 Å². The molecule has 1 atom stereocenters. The Morgan fingerprint density at radius 1 is 1.32 bits per heavy atom. The molecule has 1 aliphatic rings.